The van der Waals surface area contributed by atoms with E-state index in [-0.39, 0.29) is 17.2 Å². The zero-order valence-electron chi connectivity index (χ0n) is 19.3. The molecule has 33 heavy (non-hydrogen) atoms. The number of amides is 2. The maximum atomic E-state index is 13.3. The fourth-order valence-corrected chi connectivity index (χ4v) is 4.46. The van der Waals surface area contributed by atoms with Crippen LogP contribution in [-0.2, 0) is 9.59 Å². The molecular formula is C27H29ClN2O2S. The lowest BCUT2D eigenvalue weighted by atomic mass is 9.92. The molecule has 1 atom stereocenters. The summed E-state index contributed by atoms with van der Waals surface area (Å²) in [7, 11) is 0. The largest absolute Gasteiger partial charge is 0.326 e. The minimum absolute atomic E-state index is 0.0127. The lowest BCUT2D eigenvalue weighted by Crippen LogP contribution is -2.20. The van der Waals surface area contributed by atoms with Crippen molar-refractivity contribution in [3.05, 3.63) is 88.9 Å². The molecule has 0 spiro atoms. The van der Waals surface area contributed by atoms with E-state index in [2.05, 4.69) is 10.6 Å². The number of nitrogens with one attached hydrogen (secondary N) is 2. The number of thioether (sulfide) groups is 1. The molecule has 4 nitrogen and oxygen atoms in total. The molecule has 0 aliphatic heterocycles. The van der Waals surface area contributed by atoms with Gasteiger partial charge in [-0.25, -0.2) is 0 Å². The van der Waals surface area contributed by atoms with Gasteiger partial charge in [-0.3, -0.25) is 9.59 Å². The molecule has 1 unspecified atom stereocenters. The van der Waals surface area contributed by atoms with Crippen molar-refractivity contribution in [2.45, 2.75) is 44.3 Å². The second kappa shape index (κ2) is 10.9. The van der Waals surface area contributed by atoms with Crippen LogP contribution in [0.1, 0.15) is 43.6 Å². The van der Waals surface area contributed by atoms with Gasteiger partial charge in [0.1, 0.15) is 5.25 Å². The van der Waals surface area contributed by atoms with Gasteiger partial charge >= 0.3 is 0 Å². The van der Waals surface area contributed by atoms with Crippen LogP contribution >= 0.6 is 23.4 Å². The standard InChI is InChI=1S/C27H29ClN2O2S/c1-18-10-11-20(28)16-23(18)30-26(32)25(19-8-6-5-7-9-19)33-22-14-12-21(13-15-22)29-24(31)17-27(2,3)4/h5-16,25H,17H2,1-4H3,(H,29,31)(H,30,32). The highest BCUT2D eigenvalue weighted by molar-refractivity contribution is 8.00. The minimum Gasteiger partial charge on any atom is -0.326 e. The first-order valence-electron chi connectivity index (χ1n) is 10.8. The summed E-state index contributed by atoms with van der Waals surface area (Å²) in [6.07, 6.45) is 0.447. The van der Waals surface area contributed by atoms with Crippen LogP contribution in [-0.4, -0.2) is 11.8 Å². The summed E-state index contributed by atoms with van der Waals surface area (Å²) in [6, 6.07) is 22.7. The van der Waals surface area contributed by atoms with Crippen molar-refractivity contribution in [1.29, 1.82) is 0 Å². The van der Waals surface area contributed by atoms with E-state index >= 15 is 0 Å². The van der Waals surface area contributed by atoms with Gasteiger partial charge in [0.05, 0.1) is 0 Å². The Morgan fingerprint density at radius 1 is 0.939 bits per heavy atom. The zero-order valence-corrected chi connectivity index (χ0v) is 20.9. The summed E-state index contributed by atoms with van der Waals surface area (Å²) >= 11 is 7.59. The Morgan fingerprint density at radius 3 is 2.24 bits per heavy atom. The Bertz CT molecular complexity index is 1110. The van der Waals surface area contributed by atoms with Gasteiger partial charge in [0.15, 0.2) is 0 Å². The molecule has 6 heteroatoms. The van der Waals surface area contributed by atoms with E-state index in [9.17, 15) is 9.59 Å². The third-order valence-electron chi connectivity index (χ3n) is 4.88. The molecule has 0 saturated carbocycles. The van der Waals surface area contributed by atoms with Crippen molar-refractivity contribution in [2.24, 2.45) is 5.41 Å². The molecular weight excluding hydrogens is 452 g/mol. The van der Waals surface area contributed by atoms with Gasteiger partial charge in [-0.05, 0) is 59.9 Å². The van der Waals surface area contributed by atoms with E-state index in [1.54, 1.807) is 12.1 Å². The number of aryl methyl sites for hydroxylation is 1. The minimum atomic E-state index is -0.453. The van der Waals surface area contributed by atoms with Gasteiger partial charge in [-0.2, -0.15) is 0 Å². The Labute approximate surface area is 205 Å². The molecule has 0 aromatic heterocycles. The molecule has 3 aromatic carbocycles. The topological polar surface area (TPSA) is 58.2 Å². The first-order chi connectivity index (χ1) is 15.6. The van der Waals surface area contributed by atoms with Crippen LogP contribution in [0.25, 0.3) is 0 Å². The van der Waals surface area contributed by atoms with E-state index in [1.165, 1.54) is 11.8 Å². The van der Waals surface area contributed by atoms with Crippen molar-refractivity contribution in [1.82, 2.24) is 0 Å². The van der Waals surface area contributed by atoms with Gasteiger partial charge in [0.25, 0.3) is 0 Å². The molecule has 3 aromatic rings. The second-order valence-corrected chi connectivity index (χ2v) is 10.8. The van der Waals surface area contributed by atoms with Crippen molar-refractivity contribution in [3.63, 3.8) is 0 Å². The van der Waals surface area contributed by atoms with E-state index in [1.807, 2.05) is 88.4 Å². The predicted molar refractivity (Wildman–Crippen MR) is 139 cm³/mol. The molecule has 2 N–H and O–H groups in total. The van der Waals surface area contributed by atoms with Gasteiger partial charge in [0, 0.05) is 27.7 Å². The van der Waals surface area contributed by atoms with E-state index in [4.69, 9.17) is 11.6 Å². The van der Waals surface area contributed by atoms with Crippen molar-refractivity contribution in [3.8, 4) is 0 Å². The lowest BCUT2D eigenvalue weighted by Gasteiger charge is -2.19. The third kappa shape index (κ3) is 7.65. The van der Waals surface area contributed by atoms with E-state index < -0.39 is 5.25 Å². The van der Waals surface area contributed by atoms with Gasteiger partial charge in [0.2, 0.25) is 11.8 Å². The van der Waals surface area contributed by atoms with Crippen LogP contribution in [0.5, 0.6) is 0 Å². The summed E-state index contributed by atoms with van der Waals surface area (Å²) in [4.78, 5) is 26.4. The number of rotatable bonds is 7. The number of hydrogen-bond donors (Lipinski definition) is 2. The summed E-state index contributed by atoms with van der Waals surface area (Å²) < 4.78 is 0. The van der Waals surface area contributed by atoms with Crippen LogP contribution in [0, 0.1) is 12.3 Å². The first-order valence-corrected chi connectivity index (χ1v) is 12.0. The molecule has 172 valence electrons. The highest BCUT2D eigenvalue weighted by Gasteiger charge is 2.23. The summed E-state index contributed by atoms with van der Waals surface area (Å²) in [5.74, 6) is -0.138. The maximum absolute atomic E-state index is 13.3. The Morgan fingerprint density at radius 2 is 1.61 bits per heavy atom. The predicted octanol–water partition coefficient (Wildman–Crippen LogP) is 7.50. The van der Waals surface area contributed by atoms with Gasteiger partial charge in [-0.1, -0.05) is 68.8 Å². The maximum Gasteiger partial charge on any atom is 0.242 e. The number of anilines is 2. The second-order valence-electron chi connectivity index (χ2n) is 9.17. The average Bonchev–Trinajstić information content (AvgIpc) is 2.75. The Kier molecular flexibility index (Phi) is 8.22. The molecule has 2 amide bonds. The fraction of sp³-hybridized carbons (Fsp3) is 0.259. The smallest absolute Gasteiger partial charge is 0.242 e. The summed E-state index contributed by atoms with van der Waals surface area (Å²) in [6.45, 7) is 8.03. The van der Waals surface area contributed by atoms with Crippen LogP contribution in [0.15, 0.2) is 77.7 Å². The van der Waals surface area contributed by atoms with Gasteiger partial charge in [-0.15, -0.1) is 11.8 Å². The summed E-state index contributed by atoms with van der Waals surface area (Å²) in [5.41, 5.74) is 3.22. The van der Waals surface area contributed by atoms with Crippen molar-refractivity contribution >= 4 is 46.6 Å². The number of carbonyl (C=O) groups is 2. The average molecular weight is 481 g/mol. The zero-order chi connectivity index (χ0) is 24.0. The van der Waals surface area contributed by atoms with Crippen LogP contribution < -0.4 is 10.6 Å². The monoisotopic (exact) mass is 480 g/mol. The third-order valence-corrected chi connectivity index (χ3v) is 6.38. The van der Waals surface area contributed by atoms with Crippen LogP contribution in [0.4, 0.5) is 11.4 Å². The molecule has 0 fully saturated rings. The molecule has 0 heterocycles. The molecule has 0 aliphatic rings. The summed E-state index contributed by atoms with van der Waals surface area (Å²) in [5, 5.41) is 6.09. The quantitative estimate of drug-likeness (QED) is 0.344. The lowest BCUT2D eigenvalue weighted by molar-refractivity contribution is -0.118. The molecule has 0 radical (unpaired) electrons. The van der Waals surface area contributed by atoms with E-state index in [0.29, 0.717) is 17.1 Å². The van der Waals surface area contributed by atoms with Crippen LogP contribution in [0.3, 0.4) is 0 Å². The number of carbonyl (C=O) groups excluding carboxylic acids is 2. The first kappa shape index (κ1) is 24.9. The van der Waals surface area contributed by atoms with Gasteiger partial charge < -0.3 is 10.6 Å². The number of halogens is 1. The number of hydrogen-bond acceptors (Lipinski definition) is 3. The molecule has 3 rings (SSSR count). The Hall–Kier alpha value is -2.76. The van der Waals surface area contributed by atoms with E-state index in [0.717, 1.165) is 21.7 Å². The normalized spacial score (nSPS) is 12.2. The van der Waals surface area contributed by atoms with Crippen molar-refractivity contribution in [2.75, 3.05) is 10.6 Å². The molecule has 0 saturated heterocycles. The Balaban J connectivity index is 1.76. The highest BCUT2D eigenvalue weighted by atomic mass is 35.5. The fourth-order valence-electron chi connectivity index (χ4n) is 3.27. The van der Waals surface area contributed by atoms with Crippen LogP contribution in [0.2, 0.25) is 5.02 Å². The number of benzene rings is 3. The molecule has 0 bridgehead atoms. The SMILES string of the molecule is Cc1ccc(Cl)cc1NC(=O)C(Sc1ccc(NC(=O)CC(C)(C)C)cc1)c1ccccc1. The van der Waals surface area contributed by atoms with Crippen molar-refractivity contribution < 1.29 is 9.59 Å². The molecule has 0 aliphatic carbocycles. The highest BCUT2D eigenvalue weighted by Crippen LogP contribution is 2.37.